The topological polar surface area (TPSA) is 139 Å². The molecule has 0 bridgehead atoms. The molecule has 0 spiro atoms. The lowest BCUT2D eigenvalue weighted by molar-refractivity contribution is -0.385. The van der Waals surface area contributed by atoms with Crippen LogP contribution in [-0.2, 0) is 32.6 Å². The zero-order valence-electron chi connectivity index (χ0n) is 28.5. The minimum absolute atomic E-state index is 0.0402. The first-order chi connectivity index (χ1) is 24.5. The maximum absolute atomic E-state index is 14.7. The number of nitro groups is 1. The van der Waals surface area contributed by atoms with Crippen LogP contribution in [0.3, 0.4) is 0 Å². The summed E-state index contributed by atoms with van der Waals surface area (Å²) in [5.41, 5.74) is 1.50. The molecule has 1 saturated carbocycles. The number of hydrogen-bond donors (Lipinski definition) is 1. The first-order valence-corrected chi connectivity index (χ1v) is 18.6. The summed E-state index contributed by atoms with van der Waals surface area (Å²) < 4.78 is 35.0. The minimum atomic E-state index is -4.56. The van der Waals surface area contributed by atoms with Crippen molar-refractivity contribution in [1.29, 1.82) is 0 Å². The van der Waals surface area contributed by atoms with Gasteiger partial charge in [0.2, 0.25) is 11.8 Å². The van der Waals surface area contributed by atoms with E-state index in [9.17, 15) is 28.1 Å². The molecule has 4 aromatic rings. The number of methoxy groups -OCH3 is 1. The van der Waals surface area contributed by atoms with Crippen molar-refractivity contribution >= 4 is 44.8 Å². The number of amides is 2. The molecule has 268 valence electrons. The molecule has 5 rings (SSSR count). The van der Waals surface area contributed by atoms with E-state index in [4.69, 9.17) is 16.3 Å². The number of benzene rings is 4. The third-order valence-electron chi connectivity index (χ3n) is 9.07. The van der Waals surface area contributed by atoms with Crippen molar-refractivity contribution in [2.75, 3.05) is 18.0 Å². The van der Waals surface area contributed by atoms with E-state index < -0.39 is 33.4 Å². The highest BCUT2D eigenvalue weighted by Crippen LogP contribution is 2.30. The van der Waals surface area contributed by atoms with Gasteiger partial charge in [0.15, 0.2) is 0 Å². The molecule has 0 aromatic heterocycles. The van der Waals surface area contributed by atoms with E-state index >= 15 is 0 Å². The van der Waals surface area contributed by atoms with Gasteiger partial charge in [-0.3, -0.25) is 24.0 Å². The van der Waals surface area contributed by atoms with E-state index in [1.807, 2.05) is 30.3 Å². The lowest BCUT2D eigenvalue weighted by Gasteiger charge is -2.35. The molecule has 0 radical (unpaired) electrons. The smallest absolute Gasteiger partial charge is 0.273 e. The van der Waals surface area contributed by atoms with Crippen LogP contribution in [0.1, 0.15) is 48.8 Å². The fraction of sp³-hybridized carbons (Fsp3) is 0.316. The minimum Gasteiger partial charge on any atom is -0.497 e. The van der Waals surface area contributed by atoms with Gasteiger partial charge < -0.3 is 15.0 Å². The van der Waals surface area contributed by atoms with Crippen LogP contribution in [0.25, 0.3) is 0 Å². The summed E-state index contributed by atoms with van der Waals surface area (Å²) >= 11 is 6.34. The number of rotatable bonds is 14. The first kappa shape index (κ1) is 37.3. The normalized spacial score (nSPS) is 13.9. The number of carbonyl (C=O) groups is 2. The van der Waals surface area contributed by atoms with Gasteiger partial charge in [0, 0.05) is 35.7 Å². The van der Waals surface area contributed by atoms with Crippen molar-refractivity contribution in [3.8, 4) is 5.75 Å². The van der Waals surface area contributed by atoms with E-state index in [0.717, 1.165) is 48.0 Å². The number of anilines is 1. The van der Waals surface area contributed by atoms with Crippen LogP contribution in [0.4, 0.5) is 11.4 Å². The molecule has 1 atom stereocenters. The fourth-order valence-electron chi connectivity index (χ4n) is 6.28. The molecule has 11 nitrogen and oxygen atoms in total. The number of nitro benzene ring substituents is 1. The number of hydrogen-bond acceptors (Lipinski definition) is 7. The lowest BCUT2D eigenvalue weighted by Crippen LogP contribution is -2.55. The molecule has 1 unspecified atom stereocenters. The number of nitrogens with zero attached hydrogens (tertiary/aromatic N) is 3. The van der Waals surface area contributed by atoms with Crippen LogP contribution in [0.15, 0.2) is 102 Å². The second kappa shape index (κ2) is 16.8. The van der Waals surface area contributed by atoms with Crippen LogP contribution < -0.4 is 14.4 Å². The Balaban J connectivity index is 1.59. The standard InChI is InChI=1S/C38H41ClN4O7S/c1-27-16-21-34(24-35(27)43(46)47)51(48,49)42(32-17-19-33(50-2)20-18-32)26-37(44)41(25-29-12-9-13-30(39)22-29)36(23-28-10-5-3-6-11-28)38(45)40-31-14-7-4-8-15-31/h3,5-6,9-13,16-22,24,31,36H,4,7-8,14-15,23,25-26H2,1-2H3,(H,40,45). The number of sulfonamides is 1. The number of nitrogens with one attached hydrogen (secondary N) is 1. The third-order valence-corrected chi connectivity index (χ3v) is 11.1. The summed E-state index contributed by atoms with van der Waals surface area (Å²) in [6.45, 7) is 0.763. The Kier molecular flexibility index (Phi) is 12.3. The molecule has 0 aliphatic heterocycles. The zero-order valence-corrected chi connectivity index (χ0v) is 30.1. The molecular weight excluding hydrogens is 692 g/mol. The maximum atomic E-state index is 14.7. The van der Waals surface area contributed by atoms with Gasteiger partial charge in [-0.2, -0.15) is 0 Å². The average Bonchev–Trinajstić information content (AvgIpc) is 3.12. The number of aryl methyl sites for hydroxylation is 1. The van der Waals surface area contributed by atoms with E-state index in [-0.39, 0.29) is 46.7 Å². The Labute approximate surface area is 303 Å². The van der Waals surface area contributed by atoms with Crippen molar-refractivity contribution in [1.82, 2.24) is 10.2 Å². The quantitative estimate of drug-likeness (QED) is 0.111. The largest absolute Gasteiger partial charge is 0.497 e. The molecule has 1 fully saturated rings. The molecule has 13 heteroatoms. The molecule has 51 heavy (non-hydrogen) atoms. The molecule has 1 N–H and O–H groups in total. The summed E-state index contributed by atoms with van der Waals surface area (Å²) in [6, 6.07) is 24.9. The molecule has 0 heterocycles. The maximum Gasteiger partial charge on any atom is 0.273 e. The molecule has 0 saturated heterocycles. The number of carbonyl (C=O) groups excluding carboxylic acids is 2. The zero-order chi connectivity index (χ0) is 36.5. The summed E-state index contributed by atoms with van der Waals surface area (Å²) in [7, 11) is -3.09. The van der Waals surface area contributed by atoms with Gasteiger partial charge in [0.05, 0.1) is 22.6 Å². The highest BCUT2D eigenvalue weighted by molar-refractivity contribution is 7.92. The highest BCUT2D eigenvalue weighted by Gasteiger charge is 2.36. The first-order valence-electron chi connectivity index (χ1n) is 16.8. The fourth-order valence-corrected chi connectivity index (χ4v) is 7.93. The van der Waals surface area contributed by atoms with Crippen molar-refractivity contribution < 1.29 is 27.7 Å². The second-order valence-corrected chi connectivity index (χ2v) is 14.9. The van der Waals surface area contributed by atoms with Crippen LogP contribution in [0.2, 0.25) is 5.02 Å². The van der Waals surface area contributed by atoms with Gasteiger partial charge >= 0.3 is 0 Å². The van der Waals surface area contributed by atoms with Crippen LogP contribution in [-0.4, -0.2) is 55.8 Å². The summed E-state index contributed by atoms with van der Waals surface area (Å²) in [6.07, 6.45) is 4.91. The van der Waals surface area contributed by atoms with Gasteiger partial charge in [-0.1, -0.05) is 79.4 Å². The predicted octanol–water partition coefficient (Wildman–Crippen LogP) is 6.85. The predicted molar refractivity (Wildman–Crippen MR) is 196 cm³/mol. The summed E-state index contributed by atoms with van der Waals surface area (Å²) in [4.78, 5) is 41.2. The van der Waals surface area contributed by atoms with Crippen LogP contribution in [0.5, 0.6) is 5.75 Å². The molecule has 4 aromatic carbocycles. The molecular formula is C38H41ClN4O7S. The molecule has 1 aliphatic rings. The van der Waals surface area contributed by atoms with Crippen molar-refractivity contribution in [3.63, 3.8) is 0 Å². The summed E-state index contributed by atoms with van der Waals surface area (Å²) in [5, 5.41) is 15.4. The third kappa shape index (κ3) is 9.44. The second-order valence-electron chi connectivity index (χ2n) is 12.6. The van der Waals surface area contributed by atoms with E-state index in [1.54, 1.807) is 36.4 Å². The monoisotopic (exact) mass is 732 g/mol. The van der Waals surface area contributed by atoms with E-state index in [2.05, 4.69) is 5.32 Å². The van der Waals surface area contributed by atoms with Crippen molar-refractivity contribution in [3.05, 3.63) is 129 Å². The van der Waals surface area contributed by atoms with Crippen molar-refractivity contribution in [2.45, 2.75) is 69.0 Å². The van der Waals surface area contributed by atoms with Gasteiger partial charge in [0.25, 0.3) is 15.7 Å². The Bertz CT molecular complexity index is 1950. The highest BCUT2D eigenvalue weighted by atomic mass is 35.5. The van der Waals surface area contributed by atoms with Gasteiger partial charge in [-0.05, 0) is 73.4 Å². The average molecular weight is 733 g/mol. The van der Waals surface area contributed by atoms with Crippen LogP contribution in [0, 0.1) is 17.0 Å². The van der Waals surface area contributed by atoms with Gasteiger partial charge in [-0.15, -0.1) is 0 Å². The number of ether oxygens (including phenoxy) is 1. The van der Waals surface area contributed by atoms with Gasteiger partial charge in [0.1, 0.15) is 18.3 Å². The van der Waals surface area contributed by atoms with Crippen LogP contribution >= 0.6 is 11.6 Å². The summed E-state index contributed by atoms with van der Waals surface area (Å²) in [5.74, 6) is -0.539. The van der Waals surface area contributed by atoms with E-state index in [0.29, 0.717) is 16.3 Å². The Morgan fingerprint density at radius 2 is 1.63 bits per heavy atom. The SMILES string of the molecule is COc1ccc(N(CC(=O)N(Cc2cccc(Cl)c2)C(Cc2ccccc2)C(=O)NC2CCCCC2)S(=O)(=O)c2ccc(C)c([N+](=O)[O-])c2)cc1. The molecule has 2 amide bonds. The lowest BCUT2D eigenvalue weighted by atomic mass is 9.94. The Morgan fingerprint density at radius 3 is 2.27 bits per heavy atom. The molecule has 1 aliphatic carbocycles. The van der Waals surface area contributed by atoms with Gasteiger partial charge in [-0.25, -0.2) is 8.42 Å². The Hall–Kier alpha value is -4.94. The van der Waals surface area contributed by atoms with Crippen molar-refractivity contribution in [2.24, 2.45) is 0 Å². The van der Waals surface area contributed by atoms with E-state index in [1.165, 1.54) is 43.2 Å². The number of halogens is 1. The Morgan fingerprint density at radius 1 is 0.941 bits per heavy atom.